The Hall–Kier alpha value is -3.99. The summed E-state index contributed by atoms with van der Waals surface area (Å²) in [6.07, 6.45) is 4.46. The molecule has 4 rings (SSSR count). The zero-order valence-corrected chi connectivity index (χ0v) is 20.7. The van der Waals surface area contributed by atoms with Gasteiger partial charge < -0.3 is 24.4 Å². The SMILES string of the molecule is COC(=O)C=CC(=O)N1CCC(Oc2cc3c(Nc4ccc(F)c(Cl)c4F)ncnc3cc2OC)CC1. The molecule has 194 valence electrons. The summed E-state index contributed by atoms with van der Waals surface area (Å²) in [5, 5.41) is 2.72. The molecule has 0 unspecified atom stereocenters. The van der Waals surface area contributed by atoms with E-state index in [2.05, 4.69) is 20.0 Å². The second-order valence-electron chi connectivity index (χ2n) is 8.09. The molecular weight excluding hydrogens is 510 g/mol. The molecule has 1 amide bonds. The van der Waals surface area contributed by atoms with E-state index >= 15 is 0 Å². The van der Waals surface area contributed by atoms with Crippen molar-refractivity contribution < 1.29 is 32.6 Å². The predicted molar refractivity (Wildman–Crippen MR) is 132 cm³/mol. The van der Waals surface area contributed by atoms with Gasteiger partial charge in [-0.15, -0.1) is 0 Å². The van der Waals surface area contributed by atoms with E-state index < -0.39 is 22.6 Å². The summed E-state index contributed by atoms with van der Waals surface area (Å²) in [5.74, 6) is -1.58. The van der Waals surface area contributed by atoms with Gasteiger partial charge >= 0.3 is 5.97 Å². The molecule has 1 aliphatic rings. The molecule has 37 heavy (non-hydrogen) atoms. The molecule has 0 spiro atoms. The van der Waals surface area contributed by atoms with Crippen LogP contribution in [-0.4, -0.2) is 60.2 Å². The number of amides is 1. The zero-order valence-electron chi connectivity index (χ0n) is 20.0. The first kappa shape index (κ1) is 26.1. The van der Waals surface area contributed by atoms with Gasteiger partial charge in [0.2, 0.25) is 5.91 Å². The van der Waals surface area contributed by atoms with Crippen molar-refractivity contribution >= 4 is 45.9 Å². The van der Waals surface area contributed by atoms with Crippen LogP contribution in [0.5, 0.6) is 11.5 Å². The van der Waals surface area contributed by atoms with E-state index in [9.17, 15) is 18.4 Å². The van der Waals surface area contributed by atoms with Gasteiger partial charge in [-0.2, -0.15) is 0 Å². The molecule has 1 N–H and O–H groups in total. The van der Waals surface area contributed by atoms with Crippen molar-refractivity contribution in [1.29, 1.82) is 0 Å². The number of carbonyl (C=O) groups excluding carboxylic acids is 2. The summed E-state index contributed by atoms with van der Waals surface area (Å²) in [4.78, 5) is 33.6. The minimum Gasteiger partial charge on any atom is -0.493 e. The average Bonchev–Trinajstić information content (AvgIpc) is 2.92. The molecule has 0 bridgehead atoms. The van der Waals surface area contributed by atoms with E-state index in [0.29, 0.717) is 48.3 Å². The molecule has 9 nitrogen and oxygen atoms in total. The second kappa shape index (κ2) is 11.4. The fourth-order valence-corrected chi connectivity index (χ4v) is 4.02. The third kappa shape index (κ3) is 5.88. The number of ether oxygens (including phenoxy) is 3. The van der Waals surface area contributed by atoms with Gasteiger partial charge in [0.15, 0.2) is 17.3 Å². The molecular formula is C25H23ClF2N4O5. The Bertz CT molecular complexity index is 1360. The summed E-state index contributed by atoms with van der Waals surface area (Å²) < 4.78 is 44.2. The zero-order chi connectivity index (χ0) is 26.5. The number of anilines is 2. The quantitative estimate of drug-likeness (QED) is 0.271. The summed E-state index contributed by atoms with van der Waals surface area (Å²) in [5.41, 5.74) is 0.455. The smallest absolute Gasteiger partial charge is 0.330 e. The lowest BCUT2D eigenvalue weighted by Gasteiger charge is -2.32. The van der Waals surface area contributed by atoms with Crippen LogP contribution in [0, 0.1) is 11.6 Å². The lowest BCUT2D eigenvalue weighted by molar-refractivity contribution is -0.135. The van der Waals surface area contributed by atoms with Gasteiger partial charge in [0, 0.05) is 49.5 Å². The maximum atomic E-state index is 14.5. The number of hydrogen-bond acceptors (Lipinski definition) is 8. The van der Waals surface area contributed by atoms with Crippen molar-refractivity contribution in [3.63, 3.8) is 0 Å². The number of benzene rings is 2. The van der Waals surface area contributed by atoms with Crippen LogP contribution in [0.1, 0.15) is 12.8 Å². The highest BCUT2D eigenvalue weighted by molar-refractivity contribution is 6.31. The summed E-state index contributed by atoms with van der Waals surface area (Å²) in [7, 11) is 2.74. The topological polar surface area (TPSA) is 103 Å². The largest absolute Gasteiger partial charge is 0.493 e. The number of hydrogen-bond donors (Lipinski definition) is 1. The third-order valence-corrected chi connectivity index (χ3v) is 6.17. The number of piperidine rings is 1. The van der Waals surface area contributed by atoms with Crippen LogP contribution in [0.4, 0.5) is 20.3 Å². The van der Waals surface area contributed by atoms with Gasteiger partial charge in [0.25, 0.3) is 0 Å². The Morgan fingerprint density at radius 2 is 1.86 bits per heavy atom. The normalized spacial score (nSPS) is 14.1. The molecule has 12 heteroatoms. The highest BCUT2D eigenvalue weighted by Crippen LogP contribution is 2.37. The second-order valence-corrected chi connectivity index (χ2v) is 8.47. The van der Waals surface area contributed by atoms with Crippen LogP contribution in [0.3, 0.4) is 0 Å². The number of nitrogens with zero attached hydrogens (tertiary/aromatic N) is 3. The number of nitrogens with one attached hydrogen (secondary N) is 1. The Balaban J connectivity index is 1.53. The molecule has 2 aromatic carbocycles. The Morgan fingerprint density at radius 3 is 2.57 bits per heavy atom. The first-order chi connectivity index (χ1) is 17.8. The predicted octanol–water partition coefficient (Wildman–Crippen LogP) is 4.41. The number of likely N-dealkylation sites (tertiary alicyclic amines) is 1. The van der Waals surface area contributed by atoms with Gasteiger partial charge in [-0.05, 0) is 18.2 Å². The molecule has 1 aliphatic heterocycles. The fraction of sp³-hybridized carbons (Fsp3) is 0.280. The molecule has 0 atom stereocenters. The van der Waals surface area contributed by atoms with Gasteiger partial charge in [0.1, 0.15) is 29.1 Å². The number of aromatic nitrogens is 2. The van der Waals surface area contributed by atoms with Crippen molar-refractivity contribution in [3.05, 3.63) is 59.4 Å². The summed E-state index contributed by atoms with van der Waals surface area (Å²) in [6, 6.07) is 5.62. The van der Waals surface area contributed by atoms with Gasteiger partial charge in [-0.3, -0.25) is 4.79 Å². The number of methoxy groups -OCH3 is 2. The molecule has 1 saturated heterocycles. The van der Waals surface area contributed by atoms with Crippen LogP contribution in [0.25, 0.3) is 10.9 Å². The number of carbonyl (C=O) groups is 2. The van der Waals surface area contributed by atoms with Gasteiger partial charge in [0.05, 0.1) is 25.4 Å². The van der Waals surface area contributed by atoms with Gasteiger partial charge in [-0.1, -0.05) is 11.6 Å². The molecule has 1 fully saturated rings. The lowest BCUT2D eigenvalue weighted by atomic mass is 10.1. The van der Waals surface area contributed by atoms with Crippen molar-refractivity contribution in [2.45, 2.75) is 18.9 Å². The van der Waals surface area contributed by atoms with Crippen LogP contribution in [0.15, 0.2) is 42.7 Å². The van der Waals surface area contributed by atoms with Crippen LogP contribution in [0.2, 0.25) is 5.02 Å². The van der Waals surface area contributed by atoms with Crippen LogP contribution < -0.4 is 14.8 Å². The maximum absolute atomic E-state index is 14.5. The lowest BCUT2D eigenvalue weighted by Crippen LogP contribution is -2.41. The van der Waals surface area contributed by atoms with E-state index in [-0.39, 0.29) is 23.5 Å². The number of esters is 1. The van der Waals surface area contributed by atoms with E-state index in [1.165, 1.54) is 32.7 Å². The van der Waals surface area contributed by atoms with E-state index in [1.54, 1.807) is 17.0 Å². The standard InChI is InChI=1S/C25H23ClF2N4O5/c1-35-19-12-18-15(25(30-13-29-18)31-17-4-3-16(27)23(26)24(17)28)11-20(19)37-14-7-9-32(10-8-14)21(33)5-6-22(34)36-2/h3-6,11-14H,7-10H2,1-2H3,(H,29,30,31). The first-order valence-electron chi connectivity index (χ1n) is 11.3. The Labute approximate surface area is 216 Å². The fourth-order valence-electron chi connectivity index (χ4n) is 3.85. The summed E-state index contributed by atoms with van der Waals surface area (Å²) >= 11 is 5.70. The van der Waals surface area contributed by atoms with Crippen molar-refractivity contribution in [2.24, 2.45) is 0 Å². The number of halogens is 3. The highest BCUT2D eigenvalue weighted by Gasteiger charge is 2.24. The first-order valence-corrected chi connectivity index (χ1v) is 11.6. The Morgan fingerprint density at radius 1 is 1.11 bits per heavy atom. The van der Waals surface area contributed by atoms with Crippen molar-refractivity contribution in [1.82, 2.24) is 14.9 Å². The van der Waals surface area contributed by atoms with E-state index in [1.807, 2.05) is 0 Å². The van der Waals surface area contributed by atoms with Crippen molar-refractivity contribution in [3.8, 4) is 11.5 Å². The molecule has 0 aliphatic carbocycles. The number of fused-ring (bicyclic) bond motifs is 1. The average molecular weight is 533 g/mol. The molecule has 0 saturated carbocycles. The molecule has 0 radical (unpaired) electrons. The van der Waals surface area contributed by atoms with E-state index in [0.717, 1.165) is 12.1 Å². The van der Waals surface area contributed by atoms with Crippen molar-refractivity contribution in [2.75, 3.05) is 32.6 Å². The minimum absolute atomic E-state index is 0.0528. The molecule has 3 aromatic rings. The van der Waals surface area contributed by atoms with E-state index in [4.69, 9.17) is 21.1 Å². The Kier molecular flexibility index (Phi) is 8.02. The maximum Gasteiger partial charge on any atom is 0.330 e. The highest BCUT2D eigenvalue weighted by atomic mass is 35.5. The van der Waals surface area contributed by atoms with Crippen LogP contribution in [-0.2, 0) is 14.3 Å². The summed E-state index contributed by atoms with van der Waals surface area (Å²) in [6.45, 7) is 0.872. The number of rotatable bonds is 7. The van der Waals surface area contributed by atoms with Crippen LogP contribution >= 0.6 is 11.6 Å². The monoisotopic (exact) mass is 532 g/mol. The minimum atomic E-state index is -0.943. The molecule has 1 aromatic heterocycles. The molecule has 2 heterocycles. The third-order valence-electron chi connectivity index (χ3n) is 5.82. The van der Waals surface area contributed by atoms with Gasteiger partial charge in [-0.25, -0.2) is 23.5 Å².